The predicted octanol–water partition coefficient (Wildman–Crippen LogP) is 2.60. The molecule has 1 N–H and O–H groups in total. The van der Waals surface area contributed by atoms with E-state index in [0.29, 0.717) is 13.0 Å². The van der Waals surface area contributed by atoms with Crippen molar-refractivity contribution in [2.24, 2.45) is 5.92 Å². The van der Waals surface area contributed by atoms with Crippen LogP contribution in [0.3, 0.4) is 0 Å². The molecule has 2 aromatic carbocycles. The third-order valence-electron chi connectivity index (χ3n) is 5.72. The Labute approximate surface area is 164 Å². The molecule has 28 heavy (non-hydrogen) atoms. The summed E-state index contributed by atoms with van der Waals surface area (Å²) in [6, 6.07) is 15.3. The summed E-state index contributed by atoms with van der Waals surface area (Å²) in [4.78, 5) is 28.2. The lowest BCUT2D eigenvalue weighted by atomic mass is 9.83. The van der Waals surface area contributed by atoms with Gasteiger partial charge in [0.25, 0.3) is 5.69 Å². The van der Waals surface area contributed by atoms with Crippen molar-refractivity contribution in [1.82, 2.24) is 5.32 Å². The molecule has 146 valence electrons. The quantitative estimate of drug-likeness (QED) is 0.652. The number of amides is 1. The maximum atomic E-state index is 12.8. The molecule has 2 atom stereocenters. The van der Waals surface area contributed by atoms with Crippen LogP contribution in [-0.4, -0.2) is 43.1 Å². The maximum Gasteiger partial charge on any atom is 0.269 e. The number of nitro benzene ring substituents is 1. The summed E-state index contributed by atoms with van der Waals surface area (Å²) in [6.07, 6.45) is 0.520. The van der Waals surface area contributed by atoms with E-state index in [1.807, 2.05) is 31.2 Å². The number of anilines is 2. The Morgan fingerprint density at radius 3 is 2.71 bits per heavy atom. The standard InChI is InChI=1S/C21H24N4O3/c1-2-22-21(26)18-13-15-12-17(25(27)28)8-9-19(15)24-11-10-23(14-20(18)24)16-6-4-3-5-7-16/h3-9,12,18,20H,2,10-11,13-14H2,1H3,(H,22,26). The average Bonchev–Trinajstić information content (AvgIpc) is 2.73. The molecule has 0 aliphatic carbocycles. The molecule has 1 fully saturated rings. The molecule has 1 saturated heterocycles. The first-order valence-corrected chi connectivity index (χ1v) is 9.70. The molecule has 0 radical (unpaired) electrons. The molecule has 7 nitrogen and oxygen atoms in total. The van der Waals surface area contributed by atoms with Gasteiger partial charge in [-0.25, -0.2) is 0 Å². The van der Waals surface area contributed by atoms with E-state index < -0.39 is 0 Å². The summed E-state index contributed by atoms with van der Waals surface area (Å²) in [5.74, 6) is -0.217. The number of fused-ring (bicyclic) bond motifs is 3. The Hall–Kier alpha value is -3.09. The minimum absolute atomic E-state index is 0.0181. The molecule has 1 amide bonds. The molecular weight excluding hydrogens is 356 g/mol. The van der Waals surface area contributed by atoms with E-state index in [0.717, 1.165) is 36.6 Å². The molecule has 0 saturated carbocycles. The highest BCUT2D eigenvalue weighted by Gasteiger charge is 2.41. The van der Waals surface area contributed by atoms with E-state index in [1.165, 1.54) is 0 Å². The molecule has 2 aliphatic rings. The van der Waals surface area contributed by atoms with Gasteiger partial charge in [0.1, 0.15) is 0 Å². The SMILES string of the molecule is CCNC(=O)C1Cc2cc([N+](=O)[O-])ccc2N2CCN(c3ccccc3)CC12. The van der Waals surface area contributed by atoms with E-state index in [1.54, 1.807) is 12.1 Å². The van der Waals surface area contributed by atoms with Crippen LogP contribution >= 0.6 is 0 Å². The highest BCUT2D eigenvalue weighted by molar-refractivity contribution is 5.82. The van der Waals surface area contributed by atoms with Crippen LogP contribution in [0.4, 0.5) is 17.1 Å². The minimum Gasteiger partial charge on any atom is -0.368 e. The third kappa shape index (κ3) is 3.28. The van der Waals surface area contributed by atoms with Crippen LogP contribution < -0.4 is 15.1 Å². The van der Waals surface area contributed by atoms with Crippen LogP contribution in [0.1, 0.15) is 12.5 Å². The number of nitrogens with one attached hydrogen (secondary N) is 1. The van der Waals surface area contributed by atoms with Crippen LogP contribution in [0.15, 0.2) is 48.5 Å². The first kappa shape index (κ1) is 18.3. The van der Waals surface area contributed by atoms with Gasteiger partial charge in [0.2, 0.25) is 5.91 Å². The van der Waals surface area contributed by atoms with E-state index in [-0.39, 0.29) is 28.5 Å². The fourth-order valence-corrected chi connectivity index (χ4v) is 4.40. The molecule has 2 aliphatic heterocycles. The Bertz CT molecular complexity index is 886. The monoisotopic (exact) mass is 380 g/mol. The number of non-ortho nitro benzene ring substituents is 1. The second-order valence-electron chi connectivity index (χ2n) is 7.32. The fraction of sp³-hybridized carbons (Fsp3) is 0.381. The zero-order valence-corrected chi connectivity index (χ0v) is 15.9. The number of piperazine rings is 1. The van der Waals surface area contributed by atoms with Gasteiger partial charge in [-0.1, -0.05) is 18.2 Å². The number of hydrogen-bond donors (Lipinski definition) is 1. The first-order chi connectivity index (χ1) is 13.6. The van der Waals surface area contributed by atoms with Crippen LogP contribution in [0.25, 0.3) is 0 Å². The Balaban J connectivity index is 1.68. The van der Waals surface area contributed by atoms with Gasteiger partial charge in [0, 0.05) is 49.7 Å². The summed E-state index contributed by atoms with van der Waals surface area (Å²) >= 11 is 0. The van der Waals surface area contributed by atoms with Gasteiger partial charge in [-0.05, 0) is 37.1 Å². The molecular formula is C21H24N4O3. The molecule has 0 bridgehead atoms. The molecule has 7 heteroatoms. The van der Waals surface area contributed by atoms with Crippen LogP contribution in [0.2, 0.25) is 0 Å². The number of nitrogens with zero attached hydrogens (tertiary/aromatic N) is 3. The van der Waals surface area contributed by atoms with Crippen molar-refractivity contribution >= 4 is 23.0 Å². The first-order valence-electron chi connectivity index (χ1n) is 9.70. The predicted molar refractivity (Wildman–Crippen MR) is 109 cm³/mol. The van der Waals surface area contributed by atoms with Crippen molar-refractivity contribution in [3.63, 3.8) is 0 Å². The van der Waals surface area contributed by atoms with Crippen molar-refractivity contribution in [3.05, 3.63) is 64.2 Å². The van der Waals surface area contributed by atoms with Gasteiger partial charge in [-0.15, -0.1) is 0 Å². The second kappa shape index (κ2) is 7.50. The van der Waals surface area contributed by atoms with Gasteiger partial charge in [-0.2, -0.15) is 0 Å². The van der Waals surface area contributed by atoms with E-state index in [2.05, 4.69) is 27.2 Å². The van der Waals surface area contributed by atoms with Crippen molar-refractivity contribution in [1.29, 1.82) is 0 Å². The highest BCUT2D eigenvalue weighted by Crippen LogP contribution is 2.38. The van der Waals surface area contributed by atoms with Crippen molar-refractivity contribution < 1.29 is 9.72 Å². The summed E-state index contributed by atoms with van der Waals surface area (Å²) in [5.41, 5.74) is 3.14. The smallest absolute Gasteiger partial charge is 0.269 e. The molecule has 4 rings (SSSR count). The Morgan fingerprint density at radius 1 is 1.21 bits per heavy atom. The summed E-state index contributed by atoms with van der Waals surface area (Å²) in [7, 11) is 0. The van der Waals surface area contributed by atoms with Crippen molar-refractivity contribution in [2.75, 3.05) is 36.0 Å². The zero-order chi connectivity index (χ0) is 19.7. The van der Waals surface area contributed by atoms with Crippen LogP contribution in [-0.2, 0) is 11.2 Å². The lowest BCUT2D eigenvalue weighted by molar-refractivity contribution is -0.384. The van der Waals surface area contributed by atoms with Crippen LogP contribution in [0, 0.1) is 16.0 Å². The molecule has 2 unspecified atom stereocenters. The van der Waals surface area contributed by atoms with Gasteiger partial charge >= 0.3 is 0 Å². The lowest BCUT2D eigenvalue weighted by Crippen LogP contribution is -2.61. The van der Waals surface area contributed by atoms with Gasteiger partial charge in [0.05, 0.1) is 16.9 Å². The average molecular weight is 380 g/mol. The third-order valence-corrected chi connectivity index (χ3v) is 5.72. The molecule has 2 aromatic rings. The normalized spacial score (nSPS) is 20.9. The minimum atomic E-state index is -0.374. The van der Waals surface area contributed by atoms with Gasteiger partial charge in [0.15, 0.2) is 0 Å². The number of nitro groups is 1. The number of benzene rings is 2. The maximum absolute atomic E-state index is 12.8. The zero-order valence-electron chi connectivity index (χ0n) is 15.9. The van der Waals surface area contributed by atoms with E-state index in [9.17, 15) is 14.9 Å². The Kier molecular flexibility index (Phi) is 4.90. The number of hydrogen-bond acceptors (Lipinski definition) is 5. The van der Waals surface area contributed by atoms with Crippen molar-refractivity contribution in [2.45, 2.75) is 19.4 Å². The molecule has 0 aromatic heterocycles. The van der Waals surface area contributed by atoms with Gasteiger partial charge in [-0.3, -0.25) is 14.9 Å². The Morgan fingerprint density at radius 2 is 2.00 bits per heavy atom. The van der Waals surface area contributed by atoms with Gasteiger partial charge < -0.3 is 15.1 Å². The van der Waals surface area contributed by atoms with E-state index >= 15 is 0 Å². The number of para-hydroxylation sites is 1. The number of carbonyl (C=O) groups is 1. The topological polar surface area (TPSA) is 78.7 Å². The van der Waals surface area contributed by atoms with Crippen molar-refractivity contribution in [3.8, 4) is 0 Å². The summed E-state index contributed by atoms with van der Waals surface area (Å²) < 4.78 is 0. The largest absolute Gasteiger partial charge is 0.368 e. The van der Waals surface area contributed by atoms with E-state index in [4.69, 9.17) is 0 Å². The summed E-state index contributed by atoms with van der Waals surface area (Å²) in [6.45, 7) is 4.86. The number of carbonyl (C=O) groups excluding carboxylic acids is 1. The highest BCUT2D eigenvalue weighted by atomic mass is 16.6. The fourth-order valence-electron chi connectivity index (χ4n) is 4.40. The summed E-state index contributed by atoms with van der Waals surface area (Å²) in [5, 5.41) is 14.1. The van der Waals surface area contributed by atoms with Crippen LogP contribution in [0.5, 0.6) is 0 Å². The molecule has 0 spiro atoms. The second-order valence-corrected chi connectivity index (χ2v) is 7.32. The molecule has 2 heterocycles. The lowest BCUT2D eigenvalue weighted by Gasteiger charge is -2.49. The number of rotatable bonds is 4.